The minimum Gasteiger partial charge on any atom is -0.428 e. The number of benzene rings is 2. The van der Waals surface area contributed by atoms with E-state index in [0.29, 0.717) is 18.1 Å². The molecule has 2 unspecified atom stereocenters. The zero-order valence-corrected chi connectivity index (χ0v) is 47.0. The summed E-state index contributed by atoms with van der Waals surface area (Å²) in [6.07, 6.45) is 22.7. The van der Waals surface area contributed by atoms with E-state index in [1.165, 1.54) is 125 Å². The van der Waals surface area contributed by atoms with Crippen LogP contribution in [0.3, 0.4) is 0 Å². The van der Waals surface area contributed by atoms with Crippen molar-refractivity contribution in [2.24, 2.45) is 41.4 Å². The predicted molar refractivity (Wildman–Crippen MR) is 297 cm³/mol. The highest BCUT2D eigenvalue weighted by Crippen LogP contribution is 2.30. The van der Waals surface area contributed by atoms with E-state index in [-0.39, 0.29) is 0 Å². The Labute approximate surface area is 420 Å². The summed E-state index contributed by atoms with van der Waals surface area (Å²) in [4.78, 5) is 20.7. The van der Waals surface area contributed by atoms with Crippen molar-refractivity contribution in [3.05, 3.63) is 124 Å². The smallest absolute Gasteiger partial charge is 0.298 e. The summed E-state index contributed by atoms with van der Waals surface area (Å²) in [6, 6.07) is 22.5. The van der Waals surface area contributed by atoms with Crippen molar-refractivity contribution < 1.29 is 9.53 Å². The molecule has 4 aliphatic rings. The normalized spacial score (nSPS) is 22.0. The number of carbonyl (C=O) groups excluding carboxylic acids is 1. The first-order valence-corrected chi connectivity index (χ1v) is 26.9. The molecule has 0 amide bonds. The number of aromatic nitrogens is 2. The summed E-state index contributed by atoms with van der Waals surface area (Å²) in [7, 11) is 2.20. The van der Waals surface area contributed by atoms with Gasteiger partial charge in [0.15, 0.2) is 0 Å². The van der Waals surface area contributed by atoms with E-state index in [1.54, 1.807) is 0 Å². The number of piperidine rings is 1. The van der Waals surface area contributed by atoms with Crippen molar-refractivity contribution in [2.75, 3.05) is 20.1 Å². The van der Waals surface area contributed by atoms with Gasteiger partial charge in [0.1, 0.15) is 5.75 Å². The van der Waals surface area contributed by atoms with Gasteiger partial charge in [-0.2, -0.15) is 0 Å². The zero-order chi connectivity index (χ0) is 51.0. The predicted octanol–water partition coefficient (Wildman–Crippen LogP) is 17.8. The Morgan fingerprint density at radius 2 is 0.897 bits per heavy atom. The fraction of sp³-hybridized carbons (Fsp3) is 0.635. The van der Waals surface area contributed by atoms with Crippen LogP contribution in [0.25, 0.3) is 0 Å². The maximum absolute atomic E-state index is 10.0. The maximum Gasteiger partial charge on any atom is 0.298 e. The summed E-state index contributed by atoms with van der Waals surface area (Å²) in [6.45, 7) is 38.0. The van der Waals surface area contributed by atoms with Crippen LogP contribution >= 0.6 is 0 Å². The Balaban J connectivity index is 0.000000390. The molecule has 4 fully saturated rings. The number of hydrogen-bond donors (Lipinski definition) is 0. The van der Waals surface area contributed by atoms with Crippen molar-refractivity contribution in [1.29, 1.82) is 0 Å². The number of likely N-dealkylation sites (tertiary alicyclic amines) is 1. The van der Waals surface area contributed by atoms with Gasteiger partial charge in [0.25, 0.3) is 6.47 Å². The lowest BCUT2D eigenvalue weighted by Gasteiger charge is -2.26. The van der Waals surface area contributed by atoms with Crippen LogP contribution in [-0.4, -0.2) is 41.5 Å². The molecule has 0 bridgehead atoms. The molecular weight excluding hydrogens is 831 g/mol. The summed E-state index contributed by atoms with van der Waals surface area (Å²) < 4.78 is 4.74. The Morgan fingerprint density at radius 3 is 1.22 bits per heavy atom. The standard InChI is InChI=1S/C9H13N.C9H10O2.2C8H16.C8H10.C7H15N.C7H9N.C7H14/c1-7(2)9-5-4-8(3)6-10-9;1-7-3-4-8(2)9(5-7)11-6-10;4*1-7-3-5-8(2)6-4-7;1-6-3-4-8-7(2)5-6;1-6-3-4-7(2)5-6/h4-7H,1-3H3;3-6H,1-2H3;2*7-8H,3-6H2,1-2H3;3-6H,1-2H3;7H,3-6H2,1-2H3;3-5H,1-2H3;6-7H,3-5H2,1-2H3. The fourth-order valence-electron chi connectivity index (χ4n) is 8.51. The van der Waals surface area contributed by atoms with Crippen molar-refractivity contribution in [3.63, 3.8) is 0 Å². The third-order valence-electron chi connectivity index (χ3n) is 13.9. The van der Waals surface area contributed by atoms with Crippen molar-refractivity contribution in [3.8, 4) is 5.75 Å². The maximum atomic E-state index is 10.0. The van der Waals surface area contributed by atoms with E-state index < -0.39 is 0 Å². The van der Waals surface area contributed by atoms with Crippen LogP contribution in [0.2, 0.25) is 0 Å². The van der Waals surface area contributed by atoms with Gasteiger partial charge in [-0.25, -0.2) is 0 Å². The Bertz CT molecular complexity index is 1710. The van der Waals surface area contributed by atoms with Gasteiger partial charge >= 0.3 is 0 Å². The molecule has 0 radical (unpaired) electrons. The SMILES string of the molecule is CC1CCC(C)C1.CC1CCC(C)CC1.CC1CCC(C)CC1.CC1CCN(C)CC1.Cc1ccc(C(C)C)nc1.Cc1ccc(C)c(OC=O)c1.Cc1ccc(C)cc1.Cc1ccnc(C)c1. The number of pyridine rings is 2. The molecule has 2 aromatic carbocycles. The Hall–Kier alpha value is -3.83. The van der Waals surface area contributed by atoms with Gasteiger partial charge < -0.3 is 9.64 Å². The fourth-order valence-corrected chi connectivity index (χ4v) is 8.51. The van der Waals surface area contributed by atoms with Crippen LogP contribution in [0.15, 0.2) is 79.1 Å². The molecule has 3 heterocycles. The number of hydrogen-bond acceptors (Lipinski definition) is 5. The average molecular weight is 935 g/mol. The van der Waals surface area contributed by atoms with Crippen LogP contribution < -0.4 is 4.74 Å². The lowest BCUT2D eigenvalue weighted by molar-refractivity contribution is -0.120. The highest BCUT2D eigenvalue weighted by Gasteiger charge is 2.16. The lowest BCUT2D eigenvalue weighted by Crippen LogP contribution is -2.28. The van der Waals surface area contributed by atoms with Crippen molar-refractivity contribution in [2.45, 2.75) is 200 Å². The van der Waals surface area contributed by atoms with Gasteiger partial charge in [-0.15, -0.1) is 0 Å². The van der Waals surface area contributed by atoms with Gasteiger partial charge in [-0.1, -0.05) is 180 Å². The van der Waals surface area contributed by atoms with E-state index in [9.17, 15) is 4.79 Å². The molecule has 68 heavy (non-hydrogen) atoms. The third-order valence-corrected chi connectivity index (χ3v) is 13.9. The van der Waals surface area contributed by atoms with Crippen LogP contribution in [0.1, 0.15) is 196 Å². The first-order valence-electron chi connectivity index (χ1n) is 26.9. The molecule has 1 saturated heterocycles. The van der Waals surface area contributed by atoms with E-state index in [1.807, 2.05) is 57.4 Å². The van der Waals surface area contributed by atoms with E-state index in [0.717, 1.165) is 58.2 Å². The number of aryl methyl sites for hydroxylation is 7. The molecule has 4 aromatic rings. The molecule has 0 N–H and O–H groups in total. The molecule has 5 heteroatoms. The van der Waals surface area contributed by atoms with Gasteiger partial charge in [0.05, 0.1) is 0 Å². The largest absolute Gasteiger partial charge is 0.428 e. The molecule has 2 aromatic heterocycles. The quantitative estimate of drug-likeness (QED) is 0.192. The van der Waals surface area contributed by atoms with Crippen LogP contribution in [0.4, 0.5) is 0 Å². The summed E-state index contributed by atoms with van der Waals surface area (Å²) in [5.74, 6) is 8.28. The topological polar surface area (TPSA) is 55.3 Å². The van der Waals surface area contributed by atoms with Crippen molar-refractivity contribution >= 4 is 6.47 Å². The second-order valence-corrected chi connectivity index (χ2v) is 22.3. The summed E-state index contributed by atoms with van der Waals surface area (Å²) >= 11 is 0. The zero-order valence-electron chi connectivity index (χ0n) is 47.0. The molecule has 2 atom stereocenters. The van der Waals surface area contributed by atoms with Crippen LogP contribution in [0.5, 0.6) is 5.75 Å². The second-order valence-electron chi connectivity index (χ2n) is 22.3. The van der Waals surface area contributed by atoms with Crippen molar-refractivity contribution in [1.82, 2.24) is 14.9 Å². The number of carbonyl (C=O) groups is 1. The second kappa shape index (κ2) is 36.2. The number of rotatable bonds is 3. The third kappa shape index (κ3) is 32.1. The molecule has 1 aliphatic heterocycles. The van der Waals surface area contributed by atoms with Crippen LogP contribution in [0, 0.1) is 89.9 Å². The number of nitrogens with zero attached hydrogens (tertiary/aromatic N) is 3. The van der Waals surface area contributed by atoms with Gasteiger partial charge in [-0.3, -0.25) is 14.8 Å². The monoisotopic (exact) mass is 934 g/mol. The van der Waals surface area contributed by atoms with Crippen LogP contribution in [-0.2, 0) is 4.79 Å². The number of ether oxygens (including phenoxy) is 1. The summed E-state index contributed by atoms with van der Waals surface area (Å²) in [5.41, 5.74) is 9.49. The molecule has 3 saturated carbocycles. The molecule has 0 spiro atoms. The minimum absolute atomic E-state index is 0.446. The van der Waals surface area contributed by atoms with Gasteiger partial charge in [0, 0.05) is 23.8 Å². The minimum atomic E-state index is 0.446. The molecule has 3 aliphatic carbocycles. The first-order chi connectivity index (χ1) is 32.2. The highest BCUT2D eigenvalue weighted by molar-refractivity contribution is 5.48. The summed E-state index contributed by atoms with van der Waals surface area (Å²) in [5, 5.41) is 0. The Kier molecular flexibility index (Phi) is 33.1. The van der Waals surface area contributed by atoms with Gasteiger partial charge in [0.2, 0.25) is 0 Å². The lowest BCUT2D eigenvalue weighted by atomic mass is 9.84. The first kappa shape index (κ1) is 62.2. The van der Waals surface area contributed by atoms with Gasteiger partial charge in [-0.05, 0) is 182 Å². The molecule has 382 valence electrons. The van der Waals surface area contributed by atoms with E-state index in [4.69, 9.17) is 4.74 Å². The Morgan fingerprint density at radius 1 is 0.500 bits per heavy atom. The molecule has 8 rings (SSSR count). The highest BCUT2D eigenvalue weighted by atomic mass is 16.5. The molecular formula is C63H103N3O2. The average Bonchev–Trinajstić information content (AvgIpc) is 3.69. The molecule has 5 nitrogen and oxygen atoms in total. The van der Waals surface area contributed by atoms with E-state index >= 15 is 0 Å². The van der Waals surface area contributed by atoms with E-state index in [2.05, 4.69) is 154 Å².